The van der Waals surface area contributed by atoms with E-state index in [2.05, 4.69) is 20.2 Å². The van der Waals surface area contributed by atoms with Gasteiger partial charge in [0.25, 0.3) is 5.91 Å². The van der Waals surface area contributed by atoms with Gasteiger partial charge in [0, 0.05) is 31.6 Å². The van der Waals surface area contributed by atoms with Crippen LogP contribution in [-0.4, -0.2) is 47.8 Å². The Morgan fingerprint density at radius 2 is 2.09 bits per heavy atom. The number of hydrogen-bond donors (Lipinski definition) is 2. The standard InChI is InChI=1S/C16H22N5O2/c17-15(23)16-19-6-2-14(20-16)21-7-3-12(4-8-21)13(22)9-11-1-5-18-10-11/h2,6,9,11-12,18H,1,3-5,7-8,10H2,(H2,17,23). The number of nitrogens with zero attached hydrogens (tertiary/aromatic N) is 3. The van der Waals surface area contributed by atoms with Gasteiger partial charge in [-0.05, 0) is 44.3 Å². The van der Waals surface area contributed by atoms with Crippen LogP contribution in [0.5, 0.6) is 0 Å². The zero-order valence-electron chi connectivity index (χ0n) is 13.1. The highest BCUT2D eigenvalue weighted by atomic mass is 16.1. The Kier molecular flexibility index (Phi) is 4.85. The van der Waals surface area contributed by atoms with Crippen molar-refractivity contribution in [1.82, 2.24) is 15.3 Å². The fraction of sp³-hybridized carbons (Fsp3) is 0.562. The van der Waals surface area contributed by atoms with Gasteiger partial charge in [-0.25, -0.2) is 9.97 Å². The summed E-state index contributed by atoms with van der Waals surface area (Å²) in [6, 6.07) is 1.77. The Hall–Kier alpha value is -2.02. The summed E-state index contributed by atoms with van der Waals surface area (Å²) in [6.45, 7) is 3.43. The summed E-state index contributed by atoms with van der Waals surface area (Å²) in [5.74, 6) is 0.867. The highest BCUT2D eigenvalue weighted by Crippen LogP contribution is 2.25. The van der Waals surface area contributed by atoms with Crippen LogP contribution in [0.1, 0.15) is 29.9 Å². The summed E-state index contributed by atoms with van der Waals surface area (Å²) < 4.78 is 0. The van der Waals surface area contributed by atoms with Crippen LogP contribution in [-0.2, 0) is 4.79 Å². The zero-order chi connectivity index (χ0) is 16.2. The van der Waals surface area contributed by atoms with E-state index in [0.29, 0.717) is 11.7 Å². The fourth-order valence-corrected chi connectivity index (χ4v) is 3.22. The van der Waals surface area contributed by atoms with Gasteiger partial charge in [0.05, 0.1) is 0 Å². The van der Waals surface area contributed by atoms with Crippen LogP contribution in [0.15, 0.2) is 12.3 Å². The molecule has 2 fully saturated rings. The predicted molar refractivity (Wildman–Crippen MR) is 85.8 cm³/mol. The van der Waals surface area contributed by atoms with E-state index in [9.17, 15) is 9.59 Å². The molecule has 3 N–H and O–H groups in total. The van der Waals surface area contributed by atoms with E-state index in [-0.39, 0.29) is 17.5 Å². The highest BCUT2D eigenvalue weighted by Gasteiger charge is 2.28. The summed E-state index contributed by atoms with van der Waals surface area (Å²) in [7, 11) is 0. The average molecular weight is 316 g/mol. The van der Waals surface area contributed by atoms with Gasteiger partial charge >= 0.3 is 0 Å². The molecule has 1 atom stereocenters. The third-order valence-corrected chi connectivity index (χ3v) is 4.58. The molecule has 123 valence electrons. The van der Waals surface area contributed by atoms with Crippen LogP contribution in [0.4, 0.5) is 5.82 Å². The van der Waals surface area contributed by atoms with Crippen molar-refractivity contribution in [3.63, 3.8) is 0 Å². The Labute approximate surface area is 135 Å². The molecule has 23 heavy (non-hydrogen) atoms. The van der Waals surface area contributed by atoms with Crippen LogP contribution in [0, 0.1) is 18.3 Å². The molecule has 0 spiro atoms. The Morgan fingerprint density at radius 1 is 1.30 bits per heavy atom. The van der Waals surface area contributed by atoms with Crippen LogP contribution in [0.25, 0.3) is 0 Å². The normalized spacial score (nSPS) is 22.3. The first-order valence-corrected chi connectivity index (χ1v) is 8.10. The maximum Gasteiger partial charge on any atom is 0.286 e. The molecular weight excluding hydrogens is 294 g/mol. The van der Waals surface area contributed by atoms with Gasteiger partial charge in [0.15, 0.2) is 0 Å². The molecular formula is C16H22N5O2. The van der Waals surface area contributed by atoms with Gasteiger partial charge in [-0.2, -0.15) is 0 Å². The van der Waals surface area contributed by atoms with Gasteiger partial charge in [0.1, 0.15) is 11.6 Å². The van der Waals surface area contributed by atoms with Gasteiger partial charge in [-0.15, -0.1) is 0 Å². The number of nitrogens with one attached hydrogen (secondary N) is 1. The molecule has 0 aliphatic carbocycles. The molecule has 3 heterocycles. The fourth-order valence-electron chi connectivity index (χ4n) is 3.22. The van der Waals surface area contributed by atoms with E-state index in [4.69, 9.17) is 5.73 Å². The molecule has 7 heteroatoms. The lowest BCUT2D eigenvalue weighted by atomic mass is 9.87. The summed E-state index contributed by atoms with van der Waals surface area (Å²) in [4.78, 5) is 33.6. The molecule has 1 aromatic rings. The van der Waals surface area contributed by atoms with E-state index < -0.39 is 5.91 Å². The Morgan fingerprint density at radius 3 is 2.74 bits per heavy atom. The monoisotopic (exact) mass is 316 g/mol. The zero-order valence-corrected chi connectivity index (χ0v) is 13.1. The summed E-state index contributed by atoms with van der Waals surface area (Å²) in [6.07, 6.45) is 6.13. The minimum atomic E-state index is -0.628. The third-order valence-electron chi connectivity index (χ3n) is 4.58. The lowest BCUT2D eigenvalue weighted by Gasteiger charge is -2.32. The van der Waals surface area contributed by atoms with E-state index in [1.165, 1.54) is 0 Å². The van der Waals surface area contributed by atoms with Crippen molar-refractivity contribution in [2.45, 2.75) is 19.3 Å². The van der Waals surface area contributed by atoms with Gasteiger partial charge in [-0.3, -0.25) is 9.59 Å². The number of anilines is 1. The van der Waals surface area contributed by atoms with Crippen molar-refractivity contribution < 1.29 is 9.59 Å². The van der Waals surface area contributed by atoms with Crippen molar-refractivity contribution in [3.05, 3.63) is 24.5 Å². The smallest absolute Gasteiger partial charge is 0.286 e. The summed E-state index contributed by atoms with van der Waals surface area (Å²) in [5, 5.41) is 3.28. The van der Waals surface area contributed by atoms with Gasteiger partial charge in [-0.1, -0.05) is 0 Å². The van der Waals surface area contributed by atoms with E-state index in [0.717, 1.165) is 45.4 Å². The maximum atomic E-state index is 12.4. The molecule has 1 unspecified atom stereocenters. The van der Waals surface area contributed by atoms with Crippen LogP contribution in [0.3, 0.4) is 0 Å². The molecule has 0 saturated carbocycles. The summed E-state index contributed by atoms with van der Waals surface area (Å²) >= 11 is 0. The minimum Gasteiger partial charge on any atom is -0.363 e. The number of carbonyl (C=O) groups excluding carboxylic acids is 2. The third kappa shape index (κ3) is 3.85. The molecule has 2 aliphatic heterocycles. The van der Waals surface area contributed by atoms with E-state index in [1.807, 2.05) is 6.42 Å². The Bertz CT molecular complexity index is 578. The molecule has 2 saturated heterocycles. The number of primary amides is 1. The first-order valence-electron chi connectivity index (χ1n) is 8.10. The number of amides is 1. The second kappa shape index (κ2) is 7.04. The van der Waals surface area contributed by atoms with Gasteiger partial charge in [0.2, 0.25) is 5.82 Å². The number of piperidine rings is 1. The highest BCUT2D eigenvalue weighted by molar-refractivity contribution is 5.90. The molecule has 0 aromatic carbocycles. The molecule has 1 amide bonds. The lowest BCUT2D eigenvalue weighted by Crippen LogP contribution is -2.37. The number of hydrogen-bond acceptors (Lipinski definition) is 6. The number of carbonyl (C=O) groups is 2. The molecule has 1 radical (unpaired) electrons. The second-order valence-electron chi connectivity index (χ2n) is 6.19. The second-order valence-corrected chi connectivity index (χ2v) is 6.19. The van der Waals surface area contributed by atoms with Crippen molar-refractivity contribution in [3.8, 4) is 0 Å². The SMILES string of the molecule is NC(=O)c1nccc(N2CCC(C(=O)[CH]C3CCNC3)CC2)n1. The molecule has 3 rings (SSSR count). The first kappa shape index (κ1) is 15.9. The van der Waals surface area contributed by atoms with Crippen LogP contribution >= 0.6 is 0 Å². The maximum absolute atomic E-state index is 12.4. The van der Waals surface area contributed by atoms with E-state index >= 15 is 0 Å². The van der Waals surface area contributed by atoms with E-state index in [1.54, 1.807) is 12.3 Å². The number of Topliss-reactive ketones (excluding diaryl/α,β-unsaturated/α-hetero) is 1. The molecule has 1 aromatic heterocycles. The minimum absolute atomic E-state index is 0.0303. The lowest BCUT2D eigenvalue weighted by molar-refractivity contribution is -0.120. The number of aromatic nitrogens is 2. The van der Waals surface area contributed by atoms with Crippen molar-refractivity contribution in [2.75, 3.05) is 31.1 Å². The molecule has 2 aliphatic rings. The topological polar surface area (TPSA) is 101 Å². The summed E-state index contributed by atoms with van der Waals surface area (Å²) in [5.41, 5.74) is 5.22. The predicted octanol–water partition coefficient (Wildman–Crippen LogP) is 0.175. The van der Waals surface area contributed by atoms with Crippen molar-refractivity contribution in [1.29, 1.82) is 0 Å². The van der Waals surface area contributed by atoms with Gasteiger partial charge < -0.3 is 16.0 Å². The molecule has 0 bridgehead atoms. The number of rotatable bonds is 5. The number of ketones is 1. The molecule has 7 nitrogen and oxygen atoms in total. The quantitative estimate of drug-likeness (QED) is 0.803. The van der Waals surface area contributed by atoms with Crippen LogP contribution in [0.2, 0.25) is 0 Å². The number of nitrogens with two attached hydrogens (primary N) is 1. The van der Waals surface area contributed by atoms with Crippen LogP contribution < -0.4 is 16.0 Å². The average Bonchev–Trinajstić information content (AvgIpc) is 3.08. The van der Waals surface area contributed by atoms with Crippen molar-refractivity contribution in [2.24, 2.45) is 17.6 Å². The Balaban J connectivity index is 1.54. The van der Waals surface area contributed by atoms with Crippen molar-refractivity contribution >= 4 is 17.5 Å². The largest absolute Gasteiger partial charge is 0.363 e. The first-order chi connectivity index (χ1) is 11.1.